The van der Waals surface area contributed by atoms with E-state index in [1.807, 2.05) is 0 Å². The number of unbranched alkanes of at least 4 members (excludes halogenated alkanes) is 2. The molecule has 0 bridgehead atoms. The molecule has 0 rings (SSSR count). The van der Waals surface area contributed by atoms with Gasteiger partial charge in [0.15, 0.2) is 0 Å². The Morgan fingerprint density at radius 2 is 0.769 bits per heavy atom. The van der Waals surface area contributed by atoms with Gasteiger partial charge < -0.3 is 25.3 Å². The van der Waals surface area contributed by atoms with E-state index < -0.39 is 0 Å². The summed E-state index contributed by atoms with van der Waals surface area (Å²) in [6.07, 6.45) is 4.56. The summed E-state index contributed by atoms with van der Waals surface area (Å²) in [6.45, 7) is 11.4. The minimum Gasteiger partial charge on any atom is -1.00 e. The van der Waals surface area contributed by atoms with Gasteiger partial charge in [-0.05, 0) is 0 Å². The standard InChI is InChI=1S/2C4H9.5Mg.8H/c2*1-3-4-2;;;;;;;;;;;;;/h2*1,3-4H2,2H3;;;;;;;;;;;;;/q2*-1;5*+2;8*-1. The van der Waals surface area contributed by atoms with Crippen LogP contribution in [0, 0.1) is 13.8 Å². The largest absolute Gasteiger partial charge is 2.00 e. The third kappa shape index (κ3) is 89.1. The average Bonchev–Trinajstić information content (AvgIpc) is 1.88. The molecule has 0 aliphatic heterocycles. The van der Waals surface area contributed by atoms with Gasteiger partial charge in [0, 0.05) is 0 Å². The molecule has 0 nitrogen and oxygen atoms in total. The van der Waals surface area contributed by atoms with Crippen LogP contribution in [-0.2, 0) is 0 Å². The van der Waals surface area contributed by atoms with Crippen molar-refractivity contribution in [3.63, 3.8) is 0 Å². The maximum atomic E-state index is 3.60. The maximum absolute atomic E-state index is 3.60. The van der Waals surface area contributed by atoms with Crippen molar-refractivity contribution in [2.45, 2.75) is 39.5 Å². The zero-order chi connectivity index (χ0) is 6.83. The second-order valence-electron chi connectivity index (χ2n) is 1.71. The Morgan fingerprint density at radius 1 is 0.692 bits per heavy atom. The quantitative estimate of drug-likeness (QED) is 0.516. The molecule has 0 spiro atoms. The predicted molar refractivity (Wildman–Crippen MR) is 78.2 cm³/mol. The Labute approximate surface area is 178 Å². The average molecular weight is 244 g/mol. The Bertz CT molecular complexity index is 40.6. The minimum atomic E-state index is 0. The van der Waals surface area contributed by atoms with Crippen molar-refractivity contribution >= 4 is 115 Å². The molecule has 0 saturated carbocycles. The van der Waals surface area contributed by atoms with Crippen molar-refractivity contribution in [3.8, 4) is 0 Å². The fraction of sp³-hybridized carbons (Fsp3) is 0.750. The van der Waals surface area contributed by atoms with Crippen LogP contribution in [0.15, 0.2) is 0 Å². The molecular formula is C8H26Mg5. The van der Waals surface area contributed by atoms with Gasteiger partial charge in [0.25, 0.3) is 0 Å². The molecule has 0 aromatic rings. The molecule has 0 aliphatic rings. The molecule has 13 heavy (non-hydrogen) atoms. The van der Waals surface area contributed by atoms with Crippen molar-refractivity contribution in [3.05, 3.63) is 13.8 Å². The number of hydrogen-bond acceptors (Lipinski definition) is 0. The topological polar surface area (TPSA) is 0 Å². The van der Waals surface area contributed by atoms with Crippen LogP contribution in [0.3, 0.4) is 0 Å². The molecule has 5 heteroatoms. The first-order chi connectivity index (χ1) is 3.83. The van der Waals surface area contributed by atoms with Gasteiger partial charge >= 0.3 is 115 Å². The third-order valence-electron chi connectivity index (χ3n) is 0.707. The van der Waals surface area contributed by atoms with Crippen molar-refractivity contribution in [1.82, 2.24) is 0 Å². The van der Waals surface area contributed by atoms with Gasteiger partial charge in [0.2, 0.25) is 0 Å². The molecule has 0 radical (unpaired) electrons. The summed E-state index contributed by atoms with van der Waals surface area (Å²) in [5.41, 5.74) is 0. The molecule has 0 N–H and O–H groups in total. The van der Waals surface area contributed by atoms with E-state index in [4.69, 9.17) is 0 Å². The van der Waals surface area contributed by atoms with Crippen molar-refractivity contribution in [1.29, 1.82) is 0 Å². The van der Waals surface area contributed by atoms with Crippen molar-refractivity contribution in [2.24, 2.45) is 0 Å². The molecule has 68 valence electrons. The van der Waals surface area contributed by atoms with Gasteiger partial charge in [0.1, 0.15) is 0 Å². The zero-order valence-electron chi connectivity index (χ0n) is 17.8. The van der Waals surface area contributed by atoms with Gasteiger partial charge in [-0.25, -0.2) is 0 Å². The minimum absolute atomic E-state index is 0. The summed E-state index contributed by atoms with van der Waals surface area (Å²) in [6, 6.07) is 0. The fourth-order valence-electron chi connectivity index (χ4n) is 0. The van der Waals surface area contributed by atoms with Crippen LogP contribution in [-0.4, -0.2) is 115 Å². The monoisotopic (exact) mass is 242 g/mol. The Hall–Kier alpha value is 3.83. The first-order valence-electron chi connectivity index (χ1n) is 3.41. The second kappa shape index (κ2) is 56.8. The summed E-state index contributed by atoms with van der Waals surface area (Å²) in [4.78, 5) is 0. The SMILES string of the molecule is [CH2-]CCC.[CH2-]CCC.[H-].[H-].[H-].[H-].[H-].[H-].[H-].[H-].[Mg+2].[Mg+2].[Mg+2].[Mg+2].[Mg+2]. The van der Waals surface area contributed by atoms with Crippen LogP contribution >= 0.6 is 0 Å². The number of hydrogen-bond donors (Lipinski definition) is 0. The van der Waals surface area contributed by atoms with E-state index in [0.717, 1.165) is 12.8 Å². The summed E-state index contributed by atoms with van der Waals surface area (Å²) in [7, 11) is 0. The Balaban J connectivity index is -0.00000000163. The molecule has 0 aromatic heterocycles. The summed E-state index contributed by atoms with van der Waals surface area (Å²) in [5.74, 6) is 0. The van der Waals surface area contributed by atoms with E-state index in [9.17, 15) is 0 Å². The first kappa shape index (κ1) is 43.6. The molecule has 0 atom stereocenters. The van der Waals surface area contributed by atoms with E-state index in [1.165, 1.54) is 12.8 Å². The molecule has 0 unspecified atom stereocenters. The smallest absolute Gasteiger partial charge is 1.00 e. The zero-order valence-corrected chi connectivity index (χ0v) is 16.8. The molecule has 0 amide bonds. The summed E-state index contributed by atoms with van der Waals surface area (Å²) in [5, 5.41) is 0. The van der Waals surface area contributed by atoms with E-state index >= 15 is 0 Å². The molecule has 0 aromatic carbocycles. The third-order valence-corrected chi connectivity index (χ3v) is 0.707. The molecule has 0 heterocycles. The van der Waals surface area contributed by atoms with Crippen LogP contribution < -0.4 is 0 Å². The molecular weight excluding hydrogens is 218 g/mol. The Kier molecular flexibility index (Phi) is 191. The van der Waals surface area contributed by atoms with Crippen molar-refractivity contribution in [2.75, 3.05) is 0 Å². The maximum Gasteiger partial charge on any atom is 2.00 e. The fourth-order valence-corrected chi connectivity index (χ4v) is 0. The van der Waals surface area contributed by atoms with E-state index in [-0.39, 0.29) is 127 Å². The Morgan fingerprint density at radius 3 is 0.769 bits per heavy atom. The van der Waals surface area contributed by atoms with E-state index in [2.05, 4.69) is 27.7 Å². The van der Waals surface area contributed by atoms with Gasteiger partial charge in [0.05, 0.1) is 0 Å². The first-order valence-corrected chi connectivity index (χ1v) is 3.41. The van der Waals surface area contributed by atoms with Crippen LogP contribution in [0.25, 0.3) is 0 Å². The summed E-state index contributed by atoms with van der Waals surface area (Å²) < 4.78 is 0. The van der Waals surface area contributed by atoms with Crippen LogP contribution in [0.2, 0.25) is 0 Å². The van der Waals surface area contributed by atoms with Gasteiger partial charge in [-0.15, -0.1) is 0 Å². The normalized spacial score (nSPS) is 4.62. The van der Waals surface area contributed by atoms with E-state index in [1.54, 1.807) is 0 Å². The van der Waals surface area contributed by atoms with E-state index in [0.29, 0.717) is 0 Å². The number of rotatable bonds is 2. The molecule has 0 saturated heterocycles. The predicted octanol–water partition coefficient (Wildman–Crippen LogP) is 2.24. The van der Waals surface area contributed by atoms with Crippen molar-refractivity contribution < 1.29 is 11.4 Å². The van der Waals surface area contributed by atoms with Crippen LogP contribution in [0.1, 0.15) is 50.9 Å². The van der Waals surface area contributed by atoms with Crippen LogP contribution in [0.4, 0.5) is 0 Å². The second-order valence-corrected chi connectivity index (χ2v) is 1.71. The van der Waals surface area contributed by atoms with Gasteiger partial charge in [-0.2, -0.15) is 12.8 Å². The van der Waals surface area contributed by atoms with Gasteiger partial charge in [-0.3, -0.25) is 0 Å². The van der Waals surface area contributed by atoms with Crippen LogP contribution in [0.5, 0.6) is 0 Å². The van der Waals surface area contributed by atoms with Gasteiger partial charge in [-0.1, -0.05) is 26.7 Å². The molecule has 0 fully saturated rings. The summed E-state index contributed by atoms with van der Waals surface area (Å²) >= 11 is 0. The molecule has 0 aliphatic carbocycles.